The summed E-state index contributed by atoms with van der Waals surface area (Å²) in [5, 5.41) is 0. The van der Waals surface area contributed by atoms with Crippen molar-refractivity contribution in [3.63, 3.8) is 0 Å². The van der Waals surface area contributed by atoms with Crippen LogP contribution >= 0.6 is 26.3 Å². The van der Waals surface area contributed by atoms with Gasteiger partial charge in [-0.1, -0.05) is 39.0 Å². The molecule has 0 N–H and O–H groups in total. The van der Waals surface area contributed by atoms with Crippen LogP contribution in [-0.2, 0) is 9.53 Å². The van der Waals surface area contributed by atoms with Crippen molar-refractivity contribution in [3.8, 4) is 0 Å². The van der Waals surface area contributed by atoms with Crippen molar-refractivity contribution in [1.29, 1.82) is 0 Å². The molecule has 32 heavy (non-hydrogen) atoms. The van der Waals surface area contributed by atoms with E-state index in [4.69, 9.17) is 4.74 Å². The summed E-state index contributed by atoms with van der Waals surface area (Å²) in [6.45, 7) is 13.0. The molecule has 0 bridgehead atoms. The Kier molecular flexibility index (Phi) is 19.9. The Morgan fingerprint density at radius 3 is 1.41 bits per heavy atom. The number of carbonyl (C=O) groups is 1. The van der Waals surface area contributed by atoms with Gasteiger partial charge in [-0.15, -0.1) is 0 Å². The van der Waals surface area contributed by atoms with Gasteiger partial charge in [0, 0.05) is 0 Å². The predicted molar refractivity (Wildman–Crippen MR) is 157 cm³/mol. The van der Waals surface area contributed by atoms with Gasteiger partial charge in [0.15, 0.2) is 0 Å². The molecule has 0 rings (SSSR count). The van der Waals surface area contributed by atoms with Crippen molar-refractivity contribution >= 4 is 32.3 Å². The Labute approximate surface area is 214 Å². The summed E-state index contributed by atoms with van der Waals surface area (Å²) >= 11 is 2.82. The van der Waals surface area contributed by atoms with Gasteiger partial charge in [-0.2, -0.15) is 0 Å². The maximum atomic E-state index is 11.7. The van der Waals surface area contributed by atoms with Crippen molar-refractivity contribution in [3.05, 3.63) is 12.2 Å². The second-order valence-corrected chi connectivity index (χ2v) is 24.1. The van der Waals surface area contributed by atoms with E-state index in [1.807, 2.05) is 0 Å². The van der Waals surface area contributed by atoms with Gasteiger partial charge in [-0.05, 0) is 0 Å². The number of hydrogen-bond donors (Lipinski definition) is 0. The van der Waals surface area contributed by atoms with Crippen LogP contribution in [0.15, 0.2) is 12.2 Å². The fraction of sp³-hybridized carbons (Fsp3) is 0.893. The van der Waals surface area contributed by atoms with E-state index < -0.39 is 4.25 Å². The van der Waals surface area contributed by atoms with Crippen LogP contribution in [-0.4, -0.2) is 37.2 Å². The molecule has 0 amide bonds. The molecule has 0 aromatic heterocycles. The monoisotopic (exact) mass is 582 g/mol. The number of rotatable bonds is 23. The molecule has 0 aliphatic carbocycles. The molecule has 0 radical (unpaired) electrons. The van der Waals surface area contributed by atoms with Gasteiger partial charge in [-0.25, -0.2) is 0 Å². The van der Waals surface area contributed by atoms with Crippen LogP contribution in [0.5, 0.6) is 0 Å². The third-order valence-electron chi connectivity index (χ3n) is 7.38. The van der Waals surface area contributed by atoms with Crippen LogP contribution in [0.4, 0.5) is 0 Å². The molecule has 4 heteroatoms. The Bertz CT molecular complexity index is 488. The fourth-order valence-corrected chi connectivity index (χ4v) is 9.62. The third-order valence-corrected chi connectivity index (χ3v) is 20.3. The second kappa shape index (κ2) is 19.7. The summed E-state index contributed by atoms with van der Waals surface area (Å²) in [6.07, 6.45) is 27.7. The summed E-state index contributed by atoms with van der Waals surface area (Å²) in [7, 11) is 0. The van der Waals surface area contributed by atoms with Crippen molar-refractivity contribution in [2.24, 2.45) is 0 Å². The van der Waals surface area contributed by atoms with E-state index in [9.17, 15) is 4.79 Å². The zero-order chi connectivity index (χ0) is 24.2. The van der Waals surface area contributed by atoms with Gasteiger partial charge in [0.05, 0.1) is 0 Å². The number of esters is 1. The average molecular weight is 583 g/mol. The summed E-state index contributed by atoms with van der Waals surface area (Å²) in [5.41, 5.74) is 0.504. The van der Waals surface area contributed by atoms with Crippen molar-refractivity contribution < 1.29 is 9.53 Å². The van der Waals surface area contributed by atoms with Crippen molar-refractivity contribution in [1.82, 2.24) is 0 Å². The first-order valence-corrected chi connectivity index (χ1v) is 19.6. The number of hydrogen-bond acceptors (Lipinski definition) is 2. The molecular weight excluding hydrogens is 526 g/mol. The normalized spacial score (nSPS) is 13.0. The quantitative estimate of drug-likeness (QED) is 0.0394. The fourth-order valence-electron chi connectivity index (χ4n) is 4.51. The summed E-state index contributed by atoms with van der Waals surface area (Å²) < 4.78 is 3.68. The number of carbonyl (C=O) groups excluding carboxylic acids is 1. The van der Waals surface area contributed by atoms with Gasteiger partial charge < -0.3 is 0 Å². The van der Waals surface area contributed by atoms with E-state index in [2.05, 4.69) is 49.4 Å². The van der Waals surface area contributed by atoms with Gasteiger partial charge in [0.2, 0.25) is 0 Å². The van der Waals surface area contributed by atoms with Crippen LogP contribution in [0.2, 0.25) is 0 Å². The molecule has 192 valence electrons. The van der Waals surface area contributed by atoms with E-state index in [-0.39, 0.29) is 5.97 Å². The van der Waals surface area contributed by atoms with Gasteiger partial charge >= 0.3 is 177 Å². The minimum Gasteiger partial charge on any atom is -0.0654 e. The van der Waals surface area contributed by atoms with Gasteiger partial charge in [-0.3, -0.25) is 0 Å². The minimum absolute atomic E-state index is 0.235. The Morgan fingerprint density at radius 1 is 0.688 bits per heavy atom. The molecule has 0 heterocycles. The molecule has 0 aromatic carbocycles. The molecule has 0 saturated heterocycles. The summed E-state index contributed by atoms with van der Waals surface area (Å²) in [5.74, 6) is -0.235. The Morgan fingerprint density at radius 2 is 1.06 bits per heavy atom. The SMILES string of the molecule is C=C(C)C(=O)OCCP(I)(CC)(CC)CCCCCCCCCCCCCCCCCC. The van der Waals surface area contributed by atoms with E-state index in [0.29, 0.717) is 12.2 Å². The summed E-state index contributed by atoms with van der Waals surface area (Å²) in [6, 6.07) is 0. The first-order chi connectivity index (χ1) is 15.3. The van der Waals surface area contributed by atoms with Crippen LogP contribution in [0.3, 0.4) is 0 Å². The van der Waals surface area contributed by atoms with Crippen LogP contribution in [0, 0.1) is 0 Å². The molecule has 0 aliphatic rings. The molecule has 0 fully saturated rings. The molecule has 0 spiro atoms. The van der Waals surface area contributed by atoms with E-state index >= 15 is 0 Å². The van der Waals surface area contributed by atoms with E-state index in [1.54, 1.807) is 6.92 Å². The molecule has 0 unspecified atom stereocenters. The van der Waals surface area contributed by atoms with Gasteiger partial charge in [0.25, 0.3) is 0 Å². The van der Waals surface area contributed by atoms with Crippen LogP contribution < -0.4 is 0 Å². The Hall–Kier alpha value is 0.370. The van der Waals surface area contributed by atoms with Crippen molar-refractivity contribution in [2.75, 3.05) is 31.3 Å². The number of unbranched alkanes of at least 4 members (excludes halogenated alkanes) is 15. The topological polar surface area (TPSA) is 26.3 Å². The molecule has 0 saturated carbocycles. The van der Waals surface area contributed by atoms with Crippen LogP contribution in [0.1, 0.15) is 130 Å². The third kappa shape index (κ3) is 16.1. The smallest absolute Gasteiger partial charge is 0.0654 e. The minimum atomic E-state index is -1.77. The average Bonchev–Trinajstić information content (AvgIpc) is 2.79. The maximum absolute atomic E-state index is 11.7. The first-order valence-electron chi connectivity index (χ1n) is 13.9. The van der Waals surface area contributed by atoms with Crippen molar-refractivity contribution in [2.45, 2.75) is 130 Å². The zero-order valence-corrected chi connectivity index (χ0v) is 25.2. The van der Waals surface area contributed by atoms with Crippen LogP contribution in [0.25, 0.3) is 0 Å². The summed E-state index contributed by atoms with van der Waals surface area (Å²) in [4.78, 5) is 11.7. The standard InChI is InChI=1S/C28H56IO2P/c1-6-9-10-11-12-13-14-15-16-17-18-19-20-21-22-23-25-32(29,7-2,8-3)26-24-31-28(30)27(4)5/h4,6-26H2,1-3,5H3. The van der Waals surface area contributed by atoms with E-state index in [1.165, 1.54) is 121 Å². The molecule has 0 aliphatic heterocycles. The molecule has 0 aromatic rings. The zero-order valence-electron chi connectivity index (χ0n) is 22.2. The first kappa shape index (κ1) is 32.4. The predicted octanol–water partition coefficient (Wildman–Crippen LogP) is 10.3. The van der Waals surface area contributed by atoms with Gasteiger partial charge in [0.1, 0.15) is 0 Å². The second-order valence-electron chi connectivity index (χ2n) is 10.1. The number of ether oxygens (including phenoxy) is 1. The molecular formula is C28H56IO2P. The number of halogens is 1. The Balaban J connectivity index is 3.76. The van der Waals surface area contributed by atoms with E-state index in [0.717, 1.165) is 6.16 Å². The molecule has 2 nitrogen and oxygen atoms in total. The molecule has 0 atom stereocenters.